The topological polar surface area (TPSA) is 21.3 Å². The van der Waals surface area contributed by atoms with Crippen molar-refractivity contribution in [1.29, 1.82) is 0 Å². The van der Waals surface area contributed by atoms with E-state index >= 15 is 0 Å². The maximum Gasteiger partial charge on any atom is 0.101 e. The zero-order chi connectivity index (χ0) is 12.7. The molecule has 1 rings (SSSR count). The van der Waals surface area contributed by atoms with Crippen LogP contribution < -0.4 is 5.48 Å². The highest BCUT2D eigenvalue weighted by atomic mass is 16.7. The van der Waals surface area contributed by atoms with Gasteiger partial charge in [0.15, 0.2) is 0 Å². The van der Waals surface area contributed by atoms with Crippen LogP contribution in [0.5, 0.6) is 0 Å². The summed E-state index contributed by atoms with van der Waals surface area (Å²) >= 11 is 0. The van der Waals surface area contributed by atoms with E-state index in [-0.39, 0.29) is 6.10 Å². The van der Waals surface area contributed by atoms with Crippen molar-refractivity contribution in [1.82, 2.24) is 5.48 Å². The molecule has 2 atom stereocenters. The molecule has 0 heterocycles. The van der Waals surface area contributed by atoms with Crippen LogP contribution in [-0.2, 0) is 4.84 Å². The number of nitrogens with one attached hydrogen (secondary N) is 1. The molecule has 0 fully saturated rings. The normalized spacial score (nSPS) is 14.6. The Balaban J connectivity index is 2.46. The van der Waals surface area contributed by atoms with Crippen LogP contribution in [0.4, 0.5) is 0 Å². The quantitative estimate of drug-likeness (QED) is 0.570. The van der Waals surface area contributed by atoms with Crippen molar-refractivity contribution in [3.05, 3.63) is 48.6 Å². The minimum absolute atomic E-state index is 0.0577. The second kappa shape index (κ2) is 7.25. The molecule has 2 unspecified atom stereocenters. The fraction of sp³-hybridized carbons (Fsp3) is 0.467. The highest BCUT2D eigenvalue weighted by molar-refractivity contribution is 5.16. The summed E-state index contributed by atoms with van der Waals surface area (Å²) in [6.07, 6.45) is 2.90. The van der Waals surface area contributed by atoms with E-state index in [9.17, 15) is 0 Å². The molecule has 94 valence electrons. The summed E-state index contributed by atoms with van der Waals surface area (Å²) in [7, 11) is 0. The van der Waals surface area contributed by atoms with E-state index in [1.54, 1.807) is 0 Å². The van der Waals surface area contributed by atoms with Crippen LogP contribution >= 0.6 is 0 Å². The molecular formula is C15H23NO. The maximum atomic E-state index is 5.71. The molecule has 17 heavy (non-hydrogen) atoms. The number of hydroxylamine groups is 1. The number of hydrogen-bond acceptors (Lipinski definition) is 2. The van der Waals surface area contributed by atoms with Crippen molar-refractivity contribution in [3.63, 3.8) is 0 Å². The lowest BCUT2D eigenvalue weighted by atomic mass is 10.0. The molecule has 1 aromatic rings. The van der Waals surface area contributed by atoms with Crippen molar-refractivity contribution < 1.29 is 4.84 Å². The van der Waals surface area contributed by atoms with E-state index in [0.717, 1.165) is 6.42 Å². The summed E-state index contributed by atoms with van der Waals surface area (Å²) in [5, 5.41) is 0. The number of hydrogen-bond donors (Lipinski definition) is 1. The summed E-state index contributed by atoms with van der Waals surface area (Å²) in [5.41, 5.74) is 4.33. The summed E-state index contributed by atoms with van der Waals surface area (Å²) in [5.74, 6) is 0.524. The Morgan fingerprint density at radius 2 is 1.88 bits per heavy atom. The first-order valence-corrected chi connectivity index (χ1v) is 6.22. The van der Waals surface area contributed by atoms with Crippen molar-refractivity contribution >= 4 is 0 Å². The first-order valence-electron chi connectivity index (χ1n) is 6.22. The molecule has 0 saturated carbocycles. The van der Waals surface area contributed by atoms with Crippen LogP contribution in [0.3, 0.4) is 0 Å². The van der Waals surface area contributed by atoms with Gasteiger partial charge in [-0.05, 0) is 24.8 Å². The highest BCUT2D eigenvalue weighted by Gasteiger charge is 2.13. The first kappa shape index (κ1) is 13.9. The molecule has 1 N–H and O–H groups in total. The zero-order valence-electron chi connectivity index (χ0n) is 11.0. The average Bonchev–Trinajstić information content (AvgIpc) is 2.34. The molecule has 0 aliphatic carbocycles. The fourth-order valence-electron chi connectivity index (χ4n) is 1.62. The van der Waals surface area contributed by atoms with Gasteiger partial charge in [-0.3, -0.25) is 4.84 Å². The molecule has 0 spiro atoms. The van der Waals surface area contributed by atoms with Gasteiger partial charge in [0.05, 0.1) is 0 Å². The van der Waals surface area contributed by atoms with Gasteiger partial charge in [0, 0.05) is 6.04 Å². The Morgan fingerprint density at radius 3 is 2.41 bits per heavy atom. The predicted octanol–water partition coefficient (Wildman–Crippen LogP) is 3.87. The van der Waals surface area contributed by atoms with E-state index in [2.05, 4.69) is 38.0 Å². The van der Waals surface area contributed by atoms with Crippen LogP contribution in [-0.4, -0.2) is 6.04 Å². The van der Waals surface area contributed by atoms with Crippen molar-refractivity contribution in [2.24, 2.45) is 5.92 Å². The standard InChI is InChI=1S/C15H23NO/c1-5-9-15(12(2)3)16-17-13(4)14-10-7-6-8-11-14/h5-8,10-13,15-16H,1,9H2,2-4H3. The van der Waals surface area contributed by atoms with Crippen LogP contribution in [0.1, 0.15) is 38.9 Å². The van der Waals surface area contributed by atoms with E-state index in [1.165, 1.54) is 5.56 Å². The third kappa shape index (κ3) is 4.72. The van der Waals surface area contributed by atoms with E-state index in [0.29, 0.717) is 12.0 Å². The molecule has 0 bridgehead atoms. The van der Waals surface area contributed by atoms with Gasteiger partial charge in [0.25, 0.3) is 0 Å². The molecule has 0 saturated heterocycles. The average molecular weight is 233 g/mol. The lowest BCUT2D eigenvalue weighted by Gasteiger charge is -2.23. The minimum Gasteiger partial charge on any atom is -0.294 e. The second-order valence-electron chi connectivity index (χ2n) is 4.66. The lowest BCUT2D eigenvalue weighted by molar-refractivity contribution is -0.0443. The summed E-state index contributed by atoms with van der Waals surface area (Å²) in [6.45, 7) is 10.2. The van der Waals surface area contributed by atoms with Crippen LogP contribution in [0.15, 0.2) is 43.0 Å². The van der Waals surface area contributed by atoms with Gasteiger partial charge in [-0.15, -0.1) is 6.58 Å². The predicted molar refractivity (Wildman–Crippen MR) is 72.5 cm³/mol. The van der Waals surface area contributed by atoms with Gasteiger partial charge in [-0.25, -0.2) is 0 Å². The monoisotopic (exact) mass is 233 g/mol. The second-order valence-corrected chi connectivity index (χ2v) is 4.66. The number of rotatable bonds is 7. The summed E-state index contributed by atoms with van der Waals surface area (Å²) < 4.78 is 0. The smallest absolute Gasteiger partial charge is 0.101 e. The summed E-state index contributed by atoms with van der Waals surface area (Å²) in [6, 6.07) is 10.5. The molecule has 2 heteroatoms. The largest absolute Gasteiger partial charge is 0.294 e. The molecule has 1 aromatic carbocycles. The van der Waals surface area contributed by atoms with Gasteiger partial charge in [0.1, 0.15) is 6.10 Å². The molecule has 0 radical (unpaired) electrons. The maximum absolute atomic E-state index is 5.71. The van der Waals surface area contributed by atoms with Gasteiger partial charge in [-0.1, -0.05) is 50.3 Å². The Bertz CT molecular complexity index is 321. The molecule has 2 nitrogen and oxygen atoms in total. The highest BCUT2D eigenvalue weighted by Crippen LogP contribution is 2.16. The van der Waals surface area contributed by atoms with Crippen molar-refractivity contribution in [3.8, 4) is 0 Å². The van der Waals surface area contributed by atoms with Gasteiger partial charge in [-0.2, -0.15) is 5.48 Å². The zero-order valence-corrected chi connectivity index (χ0v) is 11.0. The minimum atomic E-state index is 0.0577. The molecule has 0 amide bonds. The van der Waals surface area contributed by atoms with Gasteiger partial charge >= 0.3 is 0 Å². The molecule has 0 aliphatic heterocycles. The molecular weight excluding hydrogens is 210 g/mol. The van der Waals surface area contributed by atoms with Crippen LogP contribution in [0.25, 0.3) is 0 Å². The third-order valence-electron chi connectivity index (χ3n) is 2.89. The van der Waals surface area contributed by atoms with Crippen LogP contribution in [0, 0.1) is 5.92 Å². The third-order valence-corrected chi connectivity index (χ3v) is 2.89. The van der Waals surface area contributed by atoms with E-state index in [4.69, 9.17) is 4.84 Å². The first-order chi connectivity index (χ1) is 8.15. The SMILES string of the molecule is C=CCC(NOC(C)c1ccccc1)C(C)C. The lowest BCUT2D eigenvalue weighted by Crippen LogP contribution is -2.34. The fourth-order valence-corrected chi connectivity index (χ4v) is 1.62. The summed E-state index contributed by atoms with van der Waals surface area (Å²) in [4.78, 5) is 5.71. The Morgan fingerprint density at radius 1 is 1.24 bits per heavy atom. The van der Waals surface area contributed by atoms with Crippen molar-refractivity contribution in [2.75, 3.05) is 0 Å². The molecule has 0 aromatic heterocycles. The van der Waals surface area contributed by atoms with E-state index in [1.807, 2.05) is 31.2 Å². The Hall–Kier alpha value is -1.12. The van der Waals surface area contributed by atoms with Gasteiger partial charge in [0.2, 0.25) is 0 Å². The Labute approximate surface area is 105 Å². The Kier molecular flexibility index (Phi) is 5.95. The van der Waals surface area contributed by atoms with Crippen molar-refractivity contribution in [2.45, 2.75) is 39.3 Å². The van der Waals surface area contributed by atoms with Gasteiger partial charge < -0.3 is 0 Å². The van der Waals surface area contributed by atoms with E-state index < -0.39 is 0 Å². The number of benzene rings is 1. The molecule has 0 aliphatic rings. The van der Waals surface area contributed by atoms with Crippen LogP contribution in [0.2, 0.25) is 0 Å².